The third-order valence-electron chi connectivity index (χ3n) is 6.50. The molecule has 6 aromatic rings. The van der Waals surface area contributed by atoms with Gasteiger partial charge in [0.05, 0.1) is 0 Å². The minimum absolute atomic E-state index is 0.517. The molecule has 0 unspecified atom stereocenters. The van der Waals surface area contributed by atoms with Gasteiger partial charge in [0, 0.05) is 0 Å². The van der Waals surface area contributed by atoms with Gasteiger partial charge < -0.3 is 10.0 Å². The van der Waals surface area contributed by atoms with Gasteiger partial charge in [-0.05, 0) is 60.0 Å². The average Bonchev–Trinajstić information content (AvgIpc) is 2.87. The topological polar surface area (TPSA) is 40.5 Å². The van der Waals surface area contributed by atoms with Crippen molar-refractivity contribution in [1.82, 2.24) is 0 Å². The van der Waals surface area contributed by atoms with Gasteiger partial charge in [0.15, 0.2) is 0 Å². The molecule has 6 aromatic carbocycles. The second kappa shape index (κ2) is 7.89. The molecule has 2 nitrogen and oxygen atoms in total. The van der Waals surface area contributed by atoms with Gasteiger partial charge in [0.2, 0.25) is 0 Å². The van der Waals surface area contributed by atoms with E-state index in [2.05, 4.69) is 78.9 Å². The van der Waals surface area contributed by atoms with Crippen molar-refractivity contribution in [1.29, 1.82) is 0 Å². The van der Waals surface area contributed by atoms with E-state index in [4.69, 9.17) is 0 Å². The molecular formula is C30H21BO2. The van der Waals surface area contributed by atoms with Crippen LogP contribution in [0.2, 0.25) is 0 Å². The standard InChI is InChI=1S/C30H21BO2/c32-31(33)28-19-18-27(21-12-4-5-13-22(21)28)30-25-16-8-6-14-23(25)29(20-10-2-1-3-11-20)24-15-7-9-17-26(24)30/h1-19,32-33H. The lowest BCUT2D eigenvalue weighted by atomic mass is 9.75. The highest BCUT2D eigenvalue weighted by Gasteiger charge is 2.20. The van der Waals surface area contributed by atoms with Crippen LogP contribution in [0.25, 0.3) is 54.6 Å². The van der Waals surface area contributed by atoms with E-state index in [-0.39, 0.29) is 0 Å². The van der Waals surface area contributed by atoms with E-state index in [1.54, 1.807) is 0 Å². The molecule has 0 aliphatic heterocycles. The van der Waals surface area contributed by atoms with E-state index in [1.807, 2.05) is 36.4 Å². The normalized spacial score (nSPS) is 11.3. The highest BCUT2D eigenvalue weighted by atomic mass is 16.4. The molecule has 0 saturated carbocycles. The first-order chi connectivity index (χ1) is 16.2. The average molecular weight is 424 g/mol. The molecule has 3 heteroatoms. The van der Waals surface area contributed by atoms with Crippen molar-refractivity contribution in [3.63, 3.8) is 0 Å². The quantitative estimate of drug-likeness (QED) is 0.264. The summed E-state index contributed by atoms with van der Waals surface area (Å²) in [4.78, 5) is 0. The fraction of sp³-hybridized carbons (Fsp3) is 0. The molecule has 0 aliphatic rings. The van der Waals surface area contributed by atoms with E-state index < -0.39 is 7.12 Å². The smallest absolute Gasteiger partial charge is 0.423 e. The Hall–Kier alpha value is -3.92. The van der Waals surface area contributed by atoms with Crippen LogP contribution in [0.15, 0.2) is 115 Å². The first-order valence-corrected chi connectivity index (χ1v) is 11.1. The van der Waals surface area contributed by atoms with Gasteiger partial charge >= 0.3 is 7.12 Å². The van der Waals surface area contributed by atoms with Crippen LogP contribution in [-0.4, -0.2) is 17.2 Å². The number of hydrogen-bond acceptors (Lipinski definition) is 2. The van der Waals surface area contributed by atoms with Crippen molar-refractivity contribution in [3.05, 3.63) is 115 Å². The number of benzene rings is 6. The first kappa shape index (κ1) is 19.7. The van der Waals surface area contributed by atoms with Gasteiger partial charge in [0.25, 0.3) is 0 Å². The fourth-order valence-corrected chi connectivity index (χ4v) is 5.10. The predicted octanol–water partition coefficient (Wildman–Crippen LogP) is 6.16. The maximum atomic E-state index is 9.94. The Morgan fingerprint density at radius 3 is 1.39 bits per heavy atom. The van der Waals surface area contributed by atoms with Crippen molar-refractivity contribution in [2.45, 2.75) is 0 Å². The molecule has 6 rings (SSSR count). The molecular weight excluding hydrogens is 403 g/mol. The maximum absolute atomic E-state index is 9.94. The van der Waals surface area contributed by atoms with Crippen LogP contribution in [0, 0.1) is 0 Å². The Morgan fingerprint density at radius 1 is 0.394 bits per heavy atom. The highest BCUT2D eigenvalue weighted by Crippen LogP contribution is 2.44. The van der Waals surface area contributed by atoms with E-state index in [0.29, 0.717) is 5.46 Å². The monoisotopic (exact) mass is 424 g/mol. The molecule has 156 valence electrons. The second-order valence-electron chi connectivity index (χ2n) is 8.33. The van der Waals surface area contributed by atoms with Gasteiger partial charge in [-0.3, -0.25) is 0 Å². The van der Waals surface area contributed by atoms with Crippen LogP contribution in [0.4, 0.5) is 0 Å². The maximum Gasteiger partial charge on any atom is 0.489 e. The second-order valence-corrected chi connectivity index (χ2v) is 8.33. The summed E-state index contributed by atoms with van der Waals surface area (Å²) in [6.45, 7) is 0. The minimum Gasteiger partial charge on any atom is -0.423 e. The SMILES string of the molecule is OB(O)c1ccc(-c2c3ccccc3c(-c3ccccc3)c3ccccc23)c2ccccc12. The Bertz CT molecular complexity index is 1580. The zero-order valence-electron chi connectivity index (χ0n) is 17.9. The number of fused-ring (bicyclic) bond motifs is 3. The van der Waals surface area contributed by atoms with Crippen molar-refractivity contribution < 1.29 is 10.0 Å². The zero-order valence-corrected chi connectivity index (χ0v) is 17.9. The lowest BCUT2D eigenvalue weighted by Gasteiger charge is -2.19. The van der Waals surface area contributed by atoms with Crippen LogP contribution in [0.3, 0.4) is 0 Å². The molecule has 0 aromatic heterocycles. The molecule has 0 heterocycles. The predicted molar refractivity (Wildman–Crippen MR) is 140 cm³/mol. The first-order valence-electron chi connectivity index (χ1n) is 11.1. The van der Waals surface area contributed by atoms with Gasteiger partial charge in [-0.15, -0.1) is 0 Å². The van der Waals surface area contributed by atoms with Crippen molar-refractivity contribution in [2.24, 2.45) is 0 Å². The summed E-state index contributed by atoms with van der Waals surface area (Å²) in [5.74, 6) is 0. The Kier molecular flexibility index (Phi) is 4.72. The summed E-state index contributed by atoms with van der Waals surface area (Å²) in [5.41, 5.74) is 5.19. The summed E-state index contributed by atoms with van der Waals surface area (Å²) in [7, 11) is -1.52. The van der Waals surface area contributed by atoms with Crippen LogP contribution in [0.5, 0.6) is 0 Å². The summed E-state index contributed by atoms with van der Waals surface area (Å²) in [6, 6.07) is 39.5. The van der Waals surface area contributed by atoms with Crippen molar-refractivity contribution in [3.8, 4) is 22.3 Å². The molecule has 0 spiro atoms. The summed E-state index contributed by atoms with van der Waals surface area (Å²) < 4.78 is 0. The largest absolute Gasteiger partial charge is 0.489 e. The zero-order chi connectivity index (χ0) is 22.4. The van der Waals surface area contributed by atoms with Crippen LogP contribution >= 0.6 is 0 Å². The molecule has 0 saturated heterocycles. The lowest BCUT2D eigenvalue weighted by Crippen LogP contribution is -2.30. The molecule has 0 radical (unpaired) electrons. The van der Waals surface area contributed by atoms with Gasteiger partial charge in [-0.25, -0.2) is 0 Å². The molecule has 0 atom stereocenters. The minimum atomic E-state index is -1.52. The Labute approximate surface area is 192 Å². The van der Waals surface area contributed by atoms with Crippen LogP contribution in [-0.2, 0) is 0 Å². The van der Waals surface area contributed by atoms with E-state index >= 15 is 0 Å². The summed E-state index contributed by atoms with van der Waals surface area (Å²) >= 11 is 0. The fourth-order valence-electron chi connectivity index (χ4n) is 5.10. The third-order valence-corrected chi connectivity index (χ3v) is 6.50. The van der Waals surface area contributed by atoms with Gasteiger partial charge in [-0.1, -0.05) is 115 Å². The molecule has 2 N–H and O–H groups in total. The van der Waals surface area contributed by atoms with E-state index in [0.717, 1.165) is 21.9 Å². The lowest BCUT2D eigenvalue weighted by molar-refractivity contribution is 0.426. The molecule has 0 fully saturated rings. The van der Waals surface area contributed by atoms with Crippen molar-refractivity contribution >= 4 is 44.9 Å². The molecule has 0 amide bonds. The Morgan fingerprint density at radius 2 is 0.848 bits per heavy atom. The molecule has 33 heavy (non-hydrogen) atoms. The number of hydrogen-bond donors (Lipinski definition) is 2. The Balaban J connectivity index is 1.81. The molecule has 0 bridgehead atoms. The van der Waals surface area contributed by atoms with Gasteiger partial charge in [0.1, 0.15) is 0 Å². The highest BCUT2D eigenvalue weighted by molar-refractivity contribution is 6.62. The summed E-state index contributed by atoms with van der Waals surface area (Å²) in [6.07, 6.45) is 0. The van der Waals surface area contributed by atoms with Crippen LogP contribution < -0.4 is 5.46 Å². The van der Waals surface area contributed by atoms with Crippen LogP contribution in [0.1, 0.15) is 0 Å². The van der Waals surface area contributed by atoms with Gasteiger partial charge in [-0.2, -0.15) is 0 Å². The summed E-state index contributed by atoms with van der Waals surface area (Å²) in [5, 5.41) is 26.5. The number of rotatable bonds is 3. The van der Waals surface area contributed by atoms with E-state index in [1.165, 1.54) is 32.7 Å². The molecule has 0 aliphatic carbocycles. The van der Waals surface area contributed by atoms with E-state index in [9.17, 15) is 10.0 Å². The van der Waals surface area contributed by atoms with Crippen molar-refractivity contribution in [2.75, 3.05) is 0 Å². The third kappa shape index (κ3) is 3.13.